The number of thiazole rings is 1. The molecule has 0 aromatic carbocycles. The number of hydrogen-bond donors (Lipinski definition) is 0. The lowest BCUT2D eigenvalue weighted by Crippen LogP contribution is -2.37. The van der Waals surface area contributed by atoms with Crippen molar-refractivity contribution in [2.24, 2.45) is 0 Å². The first-order chi connectivity index (χ1) is 12.4. The van der Waals surface area contributed by atoms with Crippen LogP contribution in [0.2, 0.25) is 0 Å². The van der Waals surface area contributed by atoms with Gasteiger partial charge in [0.2, 0.25) is 0 Å². The van der Waals surface area contributed by atoms with Gasteiger partial charge >= 0.3 is 0 Å². The lowest BCUT2D eigenvalue weighted by molar-refractivity contribution is 0.0715. The topological polar surface area (TPSA) is 50.5 Å². The summed E-state index contributed by atoms with van der Waals surface area (Å²) in [5.74, 6) is 0.545. The molecule has 0 atom stereocenters. The SMILES string of the molecule is CC(C)(C)c1csc(C2CCN(C(=O)c3cnn4ccccc34)CC2)n1. The van der Waals surface area contributed by atoms with Gasteiger partial charge in [-0.15, -0.1) is 11.3 Å². The quantitative estimate of drug-likeness (QED) is 0.684. The Morgan fingerprint density at radius 3 is 2.69 bits per heavy atom. The Bertz CT molecular complexity index is 929. The van der Waals surface area contributed by atoms with Crippen LogP contribution in [0.15, 0.2) is 36.0 Å². The van der Waals surface area contributed by atoms with Crippen molar-refractivity contribution in [3.05, 3.63) is 52.2 Å². The summed E-state index contributed by atoms with van der Waals surface area (Å²) < 4.78 is 1.75. The highest BCUT2D eigenvalue weighted by atomic mass is 32.1. The van der Waals surface area contributed by atoms with Gasteiger partial charge in [0.15, 0.2) is 0 Å². The fourth-order valence-electron chi connectivity index (χ4n) is 3.42. The van der Waals surface area contributed by atoms with E-state index in [1.165, 1.54) is 10.7 Å². The summed E-state index contributed by atoms with van der Waals surface area (Å²) in [6.07, 6.45) is 5.50. The third kappa shape index (κ3) is 3.14. The van der Waals surface area contributed by atoms with Crippen molar-refractivity contribution in [3.8, 4) is 0 Å². The van der Waals surface area contributed by atoms with Crippen LogP contribution >= 0.6 is 11.3 Å². The molecule has 1 saturated heterocycles. The molecule has 4 heterocycles. The minimum Gasteiger partial charge on any atom is -0.338 e. The fraction of sp³-hybridized carbons (Fsp3) is 0.450. The number of carbonyl (C=O) groups is 1. The number of likely N-dealkylation sites (tertiary alicyclic amines) is 1. The predicted molar refractivity (Wildman–Crippen MR) is 104 cm³/mol. The van der Waals surface area contributed by atoms with E-state index in [1.807, 2.05) is 29.3 Å². The van der Waals surface area contributed by atoms with E-state index in [1.54, 1.807) is 22.0 Å². The minimum atomic E-state index is 0.0826. The Labute approximate surface area is 157 Å². The Hall–Kier alpha value is -2.21. The lowest BCUT2D eigenvalue weighted by Gasteiger charge is -2.31. The molecule has 0 bridgehead atoms. The van der Waals surface area contributed by atoms with Gasteiger partial charge in [-0.1, -0.05) is 26.8 Å². The Morgan fingerprint density at radius 1 is 1.23 bits per heavy atom. The van der Waals surface area contributed by atoms with Gasteiger partial charge in [-0.05, 0) is 25.0 Å². The average molecular weight is 369 g/mol. The lowest BCUT2D eigenvalue weighted by atomic mass is 9.93. The van der Waals surface area contributed by atoms with Crippen molar-refractivity contribution < 1.29 is 4.79 Å². The zero-order valence-electron chi connectivity index (χ0n) is 15.5. The summed E-state index contributed by atoms with van der Waals surface area (Å²) in [7, 11) is 0. The van der Waals surface area contributed by atoms with Crippen molar-refractivity contribution in [2.75, 3.05) is 13.1 Å². The van der Waals surface area contributed by atoms with Crippen LogP contribution in [0.5, 0.6) is 0 Å². The third-order valence-corrected chi connectivity index (χ3v) is 6.09. The summed E-state index contributed by atoms with van der Waals surface area (Å²) in [6, 6.07) is 5.80. The van der Waals surface area contributed by atoms with Crippen molar-refractivity contribution in [2.45, 2.75) is 44.9 Å². The molecule has 1 amide bonds. The van der Waals surface area contributed by atoms with Gasteiger partial charge < -0.3 is 4.90 Å². The smallest absolute Gasteiger partial charge is 0.257 e. The van der Waals surface area contributed by atoms with Crippen molar-refractivity contribution in [1.29, 1.82) is 0 Å². The largest absolute Gasteiger partial charge is 0.338 e. The van der Waals surface area contributed by atoms with Crippen LogP contribution < -0.4 is 0 Å². The van der Waals surface area contributed by atoms with E-state index >= 15 is 0 Å². The standard InChI is InChI=1S/C20H24N4OS/c1-20(2,3)17-13-26-18(22-17)14-7-10-23(11-8-14)19(25)15-12-21-24-9-5-4-6-16(15)24/h4-6,9,12-14H,7-8,10-11H2,1-3H3. The van der Waals surface area contributed by atoms with Crippen LogP contribution in [0, 0.1) is 0 Å². The first-order valence-electron chi connectivity index (χ1n) is 9.11. The molecule has 136 valence electrons. The number of amides is 1. The van der Waals surface area contributed by atoms with E-state index in [0.29, 0.717) is 11.5 Å². The first kappa shape index (κ1) is 17.2. The maximum absolute atomic E-state index is 12.9. The number of carbonyl (C=O) groups excluding carboxylic acids is 1. The molecule has 1 aliphatic rings. The summed E-state index contributed by atoms with van der Waals surface area (Å²) >= 11 is 1.76. The number of aromatic nitrogens is 3. The summed E-state index contributed by atoms with van der Waals surface area (Å²) in [5.41, 5.74) is 2.82. The molecule has 0 aliphatic carbocycles. The molecular weight excluding hydrogens is 344 g/mol. The number of nitrogens with zero attached hydrogens (tertiary/aromatic N) is 4. The van der Waals surface area contributed by atoms with Crippen molar-refractivity contribution >= 4 is 22.8 Å². The zero-order chi connectivity index (χ0) is 18.3. The maximum Gasteiger partial charge on any atom is 0.257 e. The van der Waals surface area contributed by atoms with Crippen LogP contribution in [0.4, 0.5) is 0 Å². The molecule has 5 nitrogen and oxygen atoms in total. The summed E-state index contributed by atoms with van der Waals surface area (Å²) in [5, 5.41) is 7.69. The molecular formula is C20H24N4OS. The molecule has 3 aromatic heterocycles. The van der Waals surface area contributed by atoms with Gasteiger partial charge in [0, 0.05) is 36.0 Å². The third-order valence-electron chi connectivity index (χ3n) is 5.08. The number of piperidine rings is 1. The average Bonchev–Trinajstić information content (AvgIpc) is 3.28. The van der Waals surface area contributed by atoms with Crippen molar-refractivity contribution in [3.63, 3.8) is 0 Å². The monoisotopic (exact) mass is 368 g/mol. The highest BCUT2D eigenvalue weighted by molar-refractivity contribution is 7.09. The normalized spacial score (nSPS) is 16.3. The van der Waals surface area contributed by atoms with E-state index in [0.717, 1.165) is 31.4 Å². The molecule has 0 unspecified atom stereocenters. The number of fused-ring (bicyclic) bond motifs is 1. The molecule has 1 aliphatic heterocycles. The number of pyridine rings is 1. The second-order valence-electron chi connectivity index (χ2n) is 7.98. The van der Waals surface area contributed by atoms with Crippen molar-refractivity contribution in [1.82, 2.24) is 19.5 Å². The molecule has 0 N–H and O–H groups in total. The van der Waals surface area contributed by atoms with E-state index in [4.69, 9.17) is 4.98 Å². The molecule has 26 heavy (non-hydrogen) atoms. The fourth-order valence-corrected chi connectivity index (χ4v) is 4.64. The van der Waals surface area contributed by atoms with Gasteiger partial charge in [-0.2, -0.15) is 5.10 Å². The molecule has 3 aromatic rings. The second-order valence-corrected chi connectivity index (χ2v) is 8.87. The molecule has 0 saturated carbocycles. The van der Waals surface area contributed by atoms with E-state index in [2.05, 4.69) is 31.2 Å². The van der Waals surface area contributed by atoms with E-state index in [9.17, 15) is 4.79 Å². The molecule has 6 heteroatoms. The maximum atomic E-state index is 12.9. The van der Waals surface area contributed by atoms with E-state index < -0.39 is 0 Å². The Kier molecular flexibility index (Phi) is 4.31. The second kappa shape index (κ2) is 6.50. The van der Waals surface area contributed by atoms with Gasteiger partial charge in [0.05, 0.1) is 28.0 Å². The van der Waals surface area contributed by atoms with Crippen LogP contribution in [-0.4, -0.2) is 38.5 Å². The van der Waals surface area contributed by atoms with Gasteiger partial charge in [0.25, 0.3) is 5.91 Å². The Morgan fingerprint density at radius 2 is 2.00 bits per heavy atom. The van der Waals surface area contributed by atoms with Gasteiger partial charge in [-0.25, -0.2) is 9.50 Å². The molecule has 0 radical (unpaired) electrons. The molecule has 1 fully saturated rings. The zero-order valence-corrected chi connectivity index (χ0v) is 16.3. The Balaban J connectivity index is 1.45. The van der Waals surface area contributed by atoms with Crippen LogP contribution in [0.1, 0.15) is 60.6 Å². The first-order valence-corrected chi connectivity index (χ1v) is 9.99. The predicted octanol–water partition coefficient (Wildman–Crippen LogP) is 4.11. The highest BCUT2D eigenvalue weighted by Gasteiger charge is 2.28. The van der Waals surface area contributed by atoms with Crippen LogP contribution in [-0.2, 0) is 5.41 Å². The minimum absolute atomic E-state index is 0.0826. The van der Waals surface area contributed by atoms with Gasteiger partial charge in [0.1, 0.15) is 0 Å². The van der Waals surface area contributed by atoms with Gasteiger partial charge in [-0.3, -0.25) is 4.79 Å². The molecule has 4 rings (SSSR count). The number of rotatable bonds is 2. The summed E-state index contributed by atoms with van der Waals surface area (Å²) in [6.45, 7) is 8.15. The van der Waals surface area contributed by atoms with E-state index in [-0.39, 0.29) is 11.3 Å². The molecule has 0 spiro atoms. The van der Waals surface area contributed by atoms with Crippen LogP contribution in [0.25, 0.3) is 5.52 Å². The number of hydrogen-bond acceptors (Lipinski definition) is 4. The highest BCUT2D eigenvalue weighted by Crippen LogP contribution is 2.33. The van der Waals surface area contributed by atoms with Crippen LogP contribution in [0.3, 0.4) is 0 Å². The summed E-state index contributed by atoms with van der Waals surface area (Å²) in [4.78, 5) is 19.7.